The second-order valence-corrected chi connectivity index (χ2v) is 2.49. The maximum absolute atomic E-state index is 11.0. The summed E-state index contributed by atoms with van der Waals surface area (Å²) >= 11 is 0. The van der Waals surface area contributed by atoms with Gasteiger partial charge in [-0.25, -0.2) is 0 Å². The van der Waals surface area contributed by atoms with Crippen LogP contribution in [0.2, 0.25) is 0 Å². The molecular formula is C9H10O2-2. The van der Waals surface area contributed by atoms with Crippen LogP contribution in [0, 0.1) is 0 Å². The molecule has 0 saturated carbocycles. The molecule has 0 radical (unpaired) electrons. The minimum absolute atomic E-state index is 0.339. The fourth-order valence-corrected chi connectivity index (χ4v) is 1.03. The predicted molar refractivity (Wildman–Crippen MR) is 39.3 cm³/mol. The molecule has 0 aliphatic heterocycles. The molecule has 1 aromatic carbocycles. The molecule has 0 heterocycles. The highest BCUT2D eigenvalue weighted by molar-refractivity contribution is 5.42. The van der Waals surface area contributed by atoms with E-state index in [1.54, 1.807) is 12.1 Å². The van der Waals surface area contributed by atoms with Crippen LogP contribution in [0.5, 0.6) is 11.5 Å². The third kappa shape index (κ3) is 1.64. The molecule has 0 amide bonds. The fraction of sp³-hybridized carbons (Fsp3) is 0.333. The van der Waals surface area contributed by atoms with Crippen molar-refractivity contribution in [3.05, 3.63) is 23.8 Å². The number of hydrogen-bond donors (Lipinski definition) is 0. The predicted octanol–water partition coefficient (Wildman–Crippen LogP) is 0.786. The number of rotatable bonds is 2. The van der Waals surface area contributed by atoms with Crippen LogP contribution in [0.15, 0.2) is 18.2 Å². The Morgan fingerprint density at radius 1 is 1.27 bits per heavy atom. The molecule has 2 nitrogen and oxygen atoms in total. The second kappa shape index (κ2) is 3.28. The molecule has 0 N–H and O–H groups in total. The van der Waals surface area contributed by atoms with Gasteiger partial charge in [0.25, 0.3) is 0 Å². The van der Waals surface area contributed by atoms with Crippen molar-refractivity contribution in [3.63, 3.8) is 0 Å². The van der Waals surface area contributed by atoms with Crippen molar-refractivity contribution in [2.24, 2.45) is 0 Å². The number of benzene rings is 1. The van der Waals surface area contributed by atoms with Gasteiger partial charge in [0.2, 0.25) is 0 Å². The average Bonchev–Trinajstić information content (AvgIpc) is 1.99. The highest BCUT2D eigenvalue weighted by atomic mass is 16.3. The first-order valence-electron chi connectivity index (χ1n) is 3.71. The van der Waals surface area contributed by atoms with Gasteiger partial charge in [-0.15, -0.1) is 11.5 Å². The zero-order chi connectivity index (χ0) is 8.27. The molecule has 1 rings (SSSR count). The van der Waals surface area contributed by atoms with Crippen molar-refractivity contribution < 1.29 is 10.2 Å². The third-order valence-corrected chi connectivity index (χ3v) is 1.58. The molecule has 11 heavy (non-hydrogen) atoms. The van der Waals surface area contributed by atoms with Crippen LogP contribution in [0.25, 0.3) is 0 Å². The Balaban J connectivity index is 2.96. The van der Waals surface area contributed by atoms with Crippen molar-refractivity contribution in [2.75, 3.05) is 0 Å². The molecule has 0 bridgehead atoms. The first kappa shape index (κ1) is 7.92. The van der Waals surface area contributed by atoms with E-state index in [0.717, 1.165) is 6.42 Å². The summed E-state index contributed by atoms with van der Waals surface area (Å²) in [6.07, 6.45) is 1.60. The minimum atomic E-state index is -0.393. The summed E-state index contributed by atoms with van der Waals surface area (Å²) in [5, 5.41) is 21.8. The lowest BCUT2D eigenvalue weighted by atomic mass is 10.1. The number of para-hydroxylation sites is 1. The molecular weight excluding hydrogens is 140 g/mol. The van der Waals surface area contributed by atoms with E-state index in [0.29, 0.717) is 12.0 Å². The summed E-state index contributed by atoms with van der Waals surface area (Å²) in [7, 11) is 0. The van der Waals surface area contributed by atoms with E-state index in [9.17, 15) is 10.2 Å². The average molecular weight is 150 g/mol. The molecule has 0 aromatic heterocycles. The van der Waals surface area contributed by atoms with Crippen LogP contribution in [-0.2, 0) is 6.42 Å². The summed E-state index contributed by atoms with van der Waals surface area (Å²) in [6, 6.07) is 4.66. The van der Waals surface area contributed by atoms with Gasteiger partial charge in [-0.05, 0) is 6.42 Å². The monoisotopic (exact) mass is 150 g/mol. The van der Waals surface area contributed by atoms with Crippen LogP contribution in [0.4, 0.5) is 0 Å². The SMILES string of the molecule is CCCc1cccc([O-])c1[O-]. The molecule has 0 atom stereocenters. The molecule has 0 fully saturated rings. The van der Waals surface area contributed by atoms with Gasteiger partial charge in [0.15, 0.2) is 0 Å². The van der Waals surface area contributed by atoms with E-state index in [4.69, 9.17) is 0 Å². The summed E-state index contributed by atoms with van der Waals surface area (Å²) in [5.41, 5.74) is 0.639. The Labute approximate surface area is 66.1 Å². The van der Waals surface area contributed by atoms with Crippen LogP contribution in [0.3, 0.4) is 0 Å². The molecule has 0 aliphatic rings. The van der Waals surface area contributed by atoms with Gasteiger partial charge < -0.3 is 10.2 Å². The first-order chi connectivity index (χ1) is 5.25. The quantitative estimate of drug-likeness (QED) is 0.625. The van der Waals surface area contributed by atoms with Crippen LogP contribution in [0.1, 0.15) is 18.9 Å². The molecule has 0 aliphatic carbocycles. The lowest BCUT2D eigenvalue weighted by Crippen LogP contribution is -2.02. The van der Waals surface area contributed by atoms with Crippen LogP contribution < -0.4 is 10.2 Å². The van der Waals surface area contributed by atoms with E-state index in [1.807, 2.05) is 6.92 Å². The van der Waals surface area contributed by atoms with Gasteiger partial charge in [-0.2, -0.15) is 0 Å². The molecule has 0 spiro atoms. The summed E-state index contributed by atoms with van der Waals surface area (Å²) in [4.78, 5) is 0. The zero-order valence-corrected chi connectivity index (χ0v) is 6.46. The minimum Gasteiger partial charge on any atom is -0.873 e. The topological polar surface area (TPSA) is 46.1 Å². The fourth-order valence-electron chi connectivity index (χ4n) is 1.03. The standard InChI is InChI=1S/C9H12O2/c1-2-4-7-5-3-6-8(10)9(7)11/h3,5-6,10-11H,2,4H2,1H3/p-2. The van der Waals surface area contributed by atoms with Gasteiger partial charge in [-0.1, -0.05) is 37.1 Å². The highest BCUT2D eigenvalue weighted by Gasteiger charge is 1.90. The Morgan fingerprint density at radius 2 is 2.00 bits per heavy atom. The summed E-state index contributed by atoms with van der Waals surface area (Å²) in [5.74, 6) is -0.731. The maximum Gasteiger partial charge on any atom is -0.0288 e. The largest absolute Gasteiger partial charge is 0.873 e. The van der Waals surface area contributed by atoms with E-state index in [-0.39, 0.29) is 5.75 Å². The normalized spacial score (nSPS) is 9.91. The Hall–Kier alpha value is -1.18. The Kier molecular flexibility index (Phi) is 2.36. The molecule has 60 valence electrons. The number of hydrogen-bond acceptors (Lipinski definition) is 2. The summed E-state index contributed by atoms with van der Waals surface area (Å²) < 4.78 is 0. The lowest BCUT2D eigenvalue weighted by Gasteiger charge is -2.21. The van der Waals surface area contributed by atoms with Gasteiger partial charge >= 0.3 is 0 Å². The zero-order valence-electron chi connectivity index (χ0n) is 6.46. The lowest BCUT2D eigenvalue weighted by molar-refractivity contribution is -0.318. The van der Waals surface area contributed by atoms with Crippen molar-refractivity contribution in [2.45, 2.75) is 19.8 Å². The van der Waals surface area contributed by atoms with Crippen molar-refractivity contribution in [1.29, 1.82) is 0 Å². The van der Waals surface area contributed by atoms with Gasteiger partial charge in [0.1, 0.15) is 0 Å². The van der Waals surface area contributed by atoms with E-state index < -0.39 is 5.75 Å². The van der Waals surface area contributed by atoms with Crippen LogP contribution in [-0.4, -0.2) is 0 Å². The van der Waals surface area contributed by atoms with Crippen molar-refractivity contribution in [3.8, 4) is 11.5 Å². The second-order valence-electron chi connectivity index (χ2n) is 2.49. The number of aryl methyl sites for hydroxylation is 1. The summed E-state index contributed by atoms with van der Waals surface area (Å²) in [6.45, 7) is 1.98. The van der Waals surface area contributed by atoms with Gasteiger partial charge in [0.05, 0.1) is 0 Å². The van der Waals surface area contributed by atoms with E-state index in [1.165, 1.54) is 6.07 Å². The van der Waals surface area contributed by atoms with Crippen molar-refractivity contribution in [1.82, 2.24) is 0 Å². The van der Waals surface area contributed by atoms with E-state index >= 15 is 0 Å². The van der Waals surface area contributed by atoms with Gasteiger partial charge in [0, 0.05) is 0 Å². The maximum atomic E-state index is 11.0. The molecule has 0 unspecified atom stereocenters. The Morgan fingerprint density at radius 3 is 2.64 bits per heavy atom. The molecule has 1 aromatic rings. The van der Waals surface area contributed by atoms with Crippen molar-refractivity contribution >= 4 is 0 Å². The van der Waals surface area contributed by atoms with Gasteiger partial charge in [-0.3, -0.25) is 0 Å². The van der Waals surface area contributed by atoms with E-state index in [2.05, 4.69) is 0 Å². The third-order valence-electron chi connectivity index (χ3n) is 1.58. The Bertz CT molecular complexity index is 243. The first-order valence-corrected chi connectivity index (χ1v) is 3.71. The van der Waals surface area contributed by atoms with Crippen LogP contribution >= 0.6 is 0 Å². The smallest absolute Gasteiger partial charge is 0.0288 e. The molecule has 2 heteroatoms. The highest BCUT2D eigenvalue weighted by Crippen LogP contribution is 2.23. The molecule has 0 saturated heterocycles.